The van der Waals surface area contributed by atoms with Crippen LogP contribution in [0.1, 0.15) is 50.3 Å². The van der Waals surface area contributed by atoms with E-state index in [1.54, 1.807) is 0 Å². The van der Waals surface area contributed by atoms with E-state index in [4.69, 9.17) is 5.73 Å². The topological polar surface area (TPSA) is 84.2 Å². The Morgan fingerprint density at radius 3 is 2.77 bits per heavy atom. The summed E-state index contributed by atoms with van der Waals surface area (Å²) in [5.74, 6) is 0.0818. The minimum atomic E-state index is -0.0477. The van der Waals surface area contributed by atoms with Gasteiger partial charge in [0, 0.05) is 24.6 Å². The first-order valence-corrected chi connectivity index (χ1v) is 7.43. The maximum absolute atomic E-state index is 11.8. The first-order valence-electron chi connectivity index (χ1n) is 7.43. The number of carbonyl (C=O) groups excluding carboxylic acids is 2. The molecule has 0 radical (unpaired) electrons. The van der Waals surface area contributed by atoms with Gasteiger partial charge in [0.25, 0.3) is 0 Å². The molecule has 2 atom stereocenters. The van der Waals surface area contributed by atoms with Crippen LogP contribution in [0.4, 0.5) is 5.69 Å². The molecule has 5 nitrogen and oxygen atoms in total. The fourth-order valence-electron chi connectivity index (χ4n) is 2.43. The van der Waals surface area contributed by atoms with Crippen molar-refractivity contribution in [2.45, 2.75) is 51.6 Å². The van der Waals surface area contributed by atoms with Gasteiger partial charge >= 0.3 is 0 Å². The van der Waals surface area contributed by atoms with Gasteiger partial charge < -0.3 is 16.4 Å². The molecule has 6 heteroatoms. The first-order chi connectivity index (χ1) is 9.95. The molecular weight excluding hydrogens is 302 g/mol. The van der Waals surface area contributed by atoms with Crippen molar-refractivity contribution < 1.29 is 9.59 Å². The van der Waals surface area contributed by atoms with E-state index in [1.165, 1.54) is 0 Å². The van der Waals surface area contributed by atoms with E-state index in [2.05, 4.69) is 16.7 Å². The molecule has 1 aromatic carbocycles. The van der Waals surface area contributed by atoms with Crippen molar-refractivity contribution in [2.24, 2.45) is 5.73 Å². The number of amides is 2. The van der Waals surface area contributed by atoms with Gasteiger partial charge in [0.2, 0.25) is 11.8 Å². The van der Waals surface area contributed by atoms with E-state index in [0.29, 0.717) is 19.3 Å². The molecule has 1 aliphatic rings. The smallest absolute Gasteiger partial charge is 0.224 e. The molecule has 2 unspecified atom stereocenters. The van der Waals surface area contributed by atoms with Gasteiger partial charge in [-0.3, -0.25) is 9.59 Å². The molecule has 2 rings (SSSR count). The van der Waals surface area contributed by atoms with Crippen molar-refractivity contribution in [3.8, 4) is 0 Å². The molecule has 1 heterocycles. The van der Waals surface area contributed by atoms with Crippen molar-refractivity contribution in [1.29, 1.82) is 0 Å². The number of nitrogens with two attached hydrogens (primary N) is 1. The van der Waals surface area contributed by atoms with E-state index in [9.17, 15) is 9.59 Å². The predicted octanol–water partition coefficient (Wildman–Crippen LogP) is 2.30. The van der Waals surface area contributed by atoms with Crippen LogP contribution in [-0.4, -0.2) is 17.9 Å². The largest absolute Gasteiger partial charge is 0.350 e. The first kappa shape index (κ1) is 18.5. The second-order valence-electron chi connectivity index (χ2n) is 5.77. The fourth-order valence-corrected chi connectivity index (χ4v) is 2.43. The number of rotatable bonds is 5. The summed E-state index contributed by atoms with van der Waals surface area (Å²) in [6.45, 7) is 3.86. The highest BCUT2D eigenvalue weighted by molar-refractivity contribution is 5.93. The Kier molecular flexibility index (Phi) is 6.84. The van der Waals surface area contributed by atoms with Gasteiger partial charge in [-0.15, -0.1) is 12.4 Å². The van der Waals surface area contributed by atoms with Crippen molar-refractivity contribution in [3.05, 3.63) is 29.3 Å². The lowest BCUT2D eigenvalue weighted by atomic mass is 9.97. The number of fused-ring (bicyclic) bond motifs is 1. The Balaban J connectivity index is 0.00000242. The second-order valence-corrected chi connectivity index (χ2v) is 5.77. The molecule has 0 fully saturated rings. The van der Waals surface area contributed by atoms with Gasteiger partial charge in [0.15, 0.2) is 0 Å². The van der Waals surface area contributed by atoms with Gasteiger partial charge in [0.05, 0.1) is 6.04 Å². The SMILES string of the molecule is CC(N)CCC(=O)NC(C)c1ccc2c(c1)CCC(=O)N2.Cl. The lowest BCUT2D eigenvalue weighted by molar-refractivity contribution is -0.122. The van der Waals surface area contributed by atoms with Crippen LogP contribution in [0, 0.1) is 0 Å². The Bertz CT molecular complexity index is 546. The fraction of sp³-hybridized carbons (Fsp3) is 0.500. The van der Waals surface area contributed by atoms with Crippen LogP contribution in [0.2, 0.25) is 0 Å². The number of hydrogen-bond acceptors (Lipinski definition) is 3. The Morgan fingerprint density at radius 1 is 1.36 bits per heavy atom. The Hall–Kier alpha value is -1.59. The quantitative estimate of drug-likeness (QED) is 0.776. The van der Waals surface area contributed by atoms with E-state index >= 15 is 0 Å². The van der Waals surface area contributed by atoms with Crippen LogP contribution in [0.15, 0.2) is 18.2 Å². The number of benzene rings is 1. The molecule has 122 valence electrons. The number of halogens is 1. The van der Waals surface area contributed by atoms with E-state index in [1.807, 2.05) is 26.0 Å². The molecule has 0 saturated heterocycles. The summed E-state index contributed by atoms with van der Waals surface area (Å²) in [5, 5.41) is 5.84. The molecule has 0 spiro atoms. The van der Waals surface area contributed by atoms with Gasteiger partial charge in [-0.1, -0.05) is 12.1 Å². The van der Waals surface area contributed by atoms with E-state index in [0.717, 1.165) is 23.2 Å². The van der Waals surface area contributed by atoms with Gasteiger partial charge in [-0.05, 0) is 43.9 Å². The van der Waals surface area contributed by atoms with E-state index < -0.39 is 0 Å². The Morgan fingerprint density at radius 2 is 2.09 bits per heavy atom. The van der Waals surface area contributed by atoms with Crippen LogP contribution in [0.25, 0.3) is 0 Å². The van der Waals surface area contributed by atoms with Gasteiger partial charge in [-0.2, -0.15) is 0 Å². The number of nitrogens with one attached hydrogen (secondary N) is 2. The van der Waals surface area contributed by atoms with Crippen LogP contribution in [0.3, 0.4) is 0 Å². The second kappa shape index (κ2) is 8.15. The summed E-state index contributed by atoms with van der Waals surface area (Å²) < 4.78 is 0. The third-order valence-electron chi connectivity index (χ3n) is 3.73. The summed E-state index contributed by atoms with van der Waals surface area (Å²) in [6.07, 6.45) is 2.41. The molecule has 0 bridgehead atoms. The normalized spacial score (nSPS) is 15.9. The van der Waals surface area contributed by atoms with Crippen LogP contribution >= 0.6 is 12.4 Å². The molecule has 1 aromatic rings. The van der Waals surface area contributed by atoms with Crippen molar-refractivity contribution in [3.63, 3.8) is 0 Å². The number of anilines is 1. The van der Waals surface area contributed by atoms with Gasteiger partial charge in [0.1, 0.15) is 0 Å². The van der Waals surface area contributed by atoms with E-state index in [-0.39, 0.29) is 36.3 Å². The highest BCUT2D eigenvalue weighted by Gasteiger charge is 2.17. The molecule has 0 aliphatic carbocycles. The predicted molar refractivity (Wildman–Crippen MR) is 90.1 cm³/mol. The standard InChI is InChI=1S/C16H23N3O2.ClH/c1-10(17)3-7-15(20)18-11(2)12-4-6-14-13(9-12)5-8-16(21)19-14;/h4,6,9-11H,3,5,7-8,17H2,1-2H3,(H,18,20)(H,19,21);1H. The van der Waals surface area contributed by atoms with Crippen molar-refractivity contribution in [1.82, 2.24) is 5.32 Å². The minimum Gasteiger partial charge on any atom is -0.350 e. The maximum Gasteiger partial charge on any atom is 0.224 e. The molecule has 2 amide bonds. The number of aryl methyl sites for hydroxylation is 1. The highest BCUT2D eigenvalue weighted by Crippen LogP contribution is 2.26. The Labute approximate surface area is 137 Å². The molecular formula is C16H24ClN3O2. The summed E-state index contributed by atoms with van der Waals surface area (Å²) in [6, 6.07) is 5.91. The van der Waals surface area contributed by atoms with Crippen LogP contribution in [0.5, 0.6) is 0 Å². The molecule has 0 aromatic heterocycles. The third-order valence-corrected chi connectivity index (χ3v) is 3.73. The zero-order valence-corrected chi connectivity index (χ0v) is 13.8. The van der Waals surface area contributed by atoms with Crippen LogP contribution < -0.4 is 16.4 Å². The number of carbonyl (C=O) groups is 2. The minimum absolute atomic E-state index is 0. The maximum atomic E-state index is 11.8. The molecule has 4 N–H and O–H groups in total. The average Bonchev–Trinajstić information content (AvgIpc) is 2.44. The summed E-state index contributed by atoms with van der Waals surface area (Å²) >= 11 is 0. The van der Waals surface area contributed by atoms with Crippen molar-refractivity contribution in [2.75, 3.05) is 5.32 Å². The molecule has 22 heavy (non-hydrogen) atoms. The monoisotopic (exact) mass is 325 g/mol. The lowest BCUT2D eigenvalue weighted by Gasteiger charge is -2.20. The van der Waals surface area contributed by atoms with Crippen LogP contribution in [-0.2, 0) is 16.0 Å². The lowest BCUT2D eigenvalue weighted by Crippen LogP contribution is -2.28. The molecule has 1 aliphatic heterocycles. The average molecular weight is 326 g/mol. The third kappa shape index (κ3) is 5.00. The van der Waals surface area contributed by atoms with Gasteiger partial charge in [-0.25, -0.2) is 0 Å². The van der Waals surface area contributed by atoms with Crippen molar-refractivity contribution >= 4 is 29.9 Å². The summed E-state index contributed by atoms with van der Waals surface area (Å²) in [5.41, 5.74) is 8.72. The highest BCUT2D eigenvalue weighted by atomic mass is 35.5. The summed E-state index contributed by atoms with van der Waals surface area (Å²) in [4.78, 5) is 23.2. The molecule has 0 saturated carbocycles. The zero-order valence-electron chi connectivity index (χ0n) is 13.0. The number of hydrogen-bond donors (Lipinski definition) is 3. The summed E-state index contributed by atoms with van der Waals surface area (Å²) in [7, 11) is 0. The zero-order chi connectivity index (χ0) is 15.4.